The average molecular weight is 290 g/mol. The monoisotopic (exact) mass is 290 g/mol. The van der Waals surface area contributed by atoms with Crippen LogP contribution in [0.5, 0.6) is 0 Å². The van der Waals surface area contributed by atoms with Gasteiger partial charge in [0.05, 0.1) is 11.3 Å². The Morgan fingerprint density at radius 2 is 1.90 bits per heavy atom. The molecule has 3 nitrogen and oxygen atoms in total. The van der Waals surface area contributed by atoms with Gasteiger partial charge < -0.3 is 10.6 Å². The Morgan fingerprint density at radius 1 is 1.14 bits per heavy atom. The summed E-state index contributed by atoms with van der Waals surface area (Å²) in [5, 5.41) is 5.39. The number of hydrogen-bond donors (Lipinski definition) is 2. The van der Waals surface area contributed by atoms with Crippen molar-refractivity contribution in [1.82, 2.24) is 0 Å². The van der Waals surface area contributed by atoms with Crippen molar-refractivity contribution >= 4 is 17.3 Å². The van der Waals surface area contributed by atoms with E-state index < -0.39 is 17.5 Å². The lowest BCUT2D eigenvalue weighted by Crippen LogP contribution is -2.16. The van der Waals surface area contributed by atoms with Crippen molar-refractivity contribution in [3.63, 3.8) is 0 Å². The van der Waals surface area contributed by atoms with E-state index in [1.54, 1.807) is 19.1 Å². The van der Waals surface area contributed by atoms with Gasteiger partial charge in [-0.3, -0.25) is 4.79 Å². The van der Waals surface area contributed by atoms with E-state index >= 15 is 0 Å². The molecule has 21 heavy (non-hydrogen) atoms. The molecule has 0 spiro atoms. The number of carbonyl (C=O) groups is 1. The Labute approximate surface area is 122 Å². The van der Waals surface area contributed by atoms with Gasteiger partial charge in [0.2, 0.25) is 0 Å². The fourth-order valence-corrected chi connectivity index (χ4v) is 1.94. The second-order valence-corrected chi connectivity index (χ2v) is 4.61. The topological polar surface area (TPSA) is 41.1 Å². The zero-order valence-electron chi connectivity index (χ0n) is 11.8. The number of aryl methyl sites for hydroxylation is 1. The van der Waals surface area contributed by atoms with E-state index in [9.17, 15) is 13.6 Å². The summed E-state index contributed by atoms with van der Waals surface area (Å²) >= 11 is 0. The normalized spacial score (nSPS) is 10.3. The molecule has 2 aromatic carbocycles. The number of nitrogens with one attached hydrogen (secondary N) is 2. The standard InChI is InChI=1S/C16H16F2N2O/c1-3-19-15-12(5-4-6-13(15)17)16(21)20-11-8-7-10(2)14(18)9-11/h4-9,19H,3H2,1-2H3,(H,20,21). The van der Waals surface area contributed by atoms with Crippen LogP contribution in [0.15, 0.2) is 36.4 Å². The van der Waals surface area contributed by atoms with Crippen molar-refractivity contribution in [2.75, 3.05) is 17.2 Å². The second kappa shape index (κ2) is 6.35. The second-order valence-electron chi connectivity index (χ2n) is 4.61. The van der Waals surface area contributed by atoms with Gasteiger partial charge in [-0.1, -0.05) is 12.1 Å². The van der Waals surface area contributed by atoms with Crippen LogP contribution in [0.1, 0.15) is 22.8 Å². The molecule has 0 saturated carbocycles. The van der Waals surface area contributed by atoms with E-state index in [0.29, 0.717) is 17.8 Å². The van der Waals surface area contributed by atoms with Crippen LogP contribution in [0.3, 0.4) is 0 Å². The minimum atomic E-state index is -0.500. The molecule has 0 bridgehead atoms. The summed E-state index contributed by atoms with van der Waals surface area (Å²) < 4.78 is 27.2. The molecule has 0 aliphatic heterocycles. The molecule has 0 aliphatic carbocycles. The molecule has 5 heteroatoms. The van der Waals surface area contributed by atoms with Gasteiger partial charge in [0, 0.05) is 12.2 Å². The van der Waals surface area contributed by atoms with Gasteiger partial charge in [-0.15, -0.1) is 0 Å². The molecule has 0 fully saturated rings. The minimum Gasteiger partial charge on any atom is -0.382 e. The first-order chi connectivity index (χ1) is 10.0. The van der Waals surface area contributed by atoms with Gasteiger partial charge in [-0.05, 0) is 43.7 Å². The maximum atomic E-state index is 13.8. The van der Waals surface area contributed by atoms with E-state index in [0.717, 1.165) is 0 Å². The fourth-order valence-electron chi connectivity index (χ4n) is 1.94. The van der Waals surface area contributed by atoms with Crippen molar-refractivity contribution < 1.29 is 13.6 Å². The molecule has 0 unspecified atom stereocenters. The van der Waals surface area contributed by atoms with Crippen LogP contribution in [0.25, 0.3) is 0 Å². The highest BCUT2D eigenvalue weighted by Gasteiger charge is 2.15. The summed E-state index contributed by atoms with van der Waals surface area (Å²) in [5.74, 6) is -1.40. The Morgan fingerprint density at radius 3 is 2.57 bits per heavy atom. The average Bonchev–Trinajstić information content (AvgIpc) is 2.45. The third-order valence-electron chi connectivity index (χ3n) is 3.04. The molecule has 0 saturated heterocycles. The zero-order chi connectivity index (χ0) is 15.4. The Hall–Kier alpha value is -2.43. The first-order valence-corrected chi connectivity index (χ1v) is 6.62. The largest absolute Gasteiger partial charge is 0.382 e. The maximum absolute atomic E-state index is 13.8. The van der Waals surface area contributed by atoms with Crippen LogP contribution in [0, 0.1) is 18.6 Å². The maximum Gasteiger partial charge on any atom is 0.257 e. The van der Waals surface area contributed by atoms with Crippen molar-refractivity contribution in [2.45, 2.75) is 13.8 Å². The smallest absolute Gasteiger partial charge is 0.257 e. The van der Waals surface area contributed by atoms with Gasteiger partial charge in [0.25, 0.3) is 5.91 Å². The Bertz CT molecular complexity index is 671. The minimum absolute atomic E-state index is 0.144. The van der Waals surface area contributed by atoms with Crippen LogP contribution in [-0.2, 0) is 0 Å². The molecule has 2 N–H and O–H groups in total. The van der Waals surface area contributed by atoms with Gasteiger partial charge in [0.15, 0.2) is 0 Å². The highest BCUT2D eigenvalue weighted by atomic mass is 19.1. The Kier molecular flexibility index (Phi) is 4.52. The van der Waals surface area contributed by atoms with Crippen molar-refractivity contribution in [1.29, 1.82) is 0 Å². The number of hydrogen-bond acceptors (Lipinski definition) is 2. The molecule has 0 atom stereocenters. The summed E-state index contributed by atoms with van der Waals surface area (Å²) in [6.07, 6.45) is 0. The fraction of sp³-hybridized carbons (Fsp3) is 0.188. The summed E-state index contributed by atoms with van der Waals surface area (Å²) in [5.41, 5.74) is 1.14. The van der Waals surface area contributed by atoms with Crippen molar-refractivity contribution in [2.24, 2.45) is 0 Å². The van der Waals surface area contributed by atoms with Gasteiger partial charge >= 0.3 is 0 Å². The highest BCUT2D eigenvalue weighted by Crippen LogP contribution is 2.21. The number of carbonyl (C=O) groups excluding carboxylic acids is 1. The number of rotatable bonds is 4. The predicted molar refractivity (Wildman–Crippen MR) is 79.7 cm³/mol. The Balaban J connectivity index is 2.28. The van der Waals surface area contributed by atoms with E-state index in [2.05, 4.69) is 10.6 Å². The lowest BCUT2D eigenvalue weighted by atomic mass is 10.1. The summed E-state index contributed by atoms with van der Waals surface area (Å²) in [4.78, 5) is 12.2. The van der Waals surface area contributed by atoms with Crippen LogP contribution < -0.4 is 10.6 Å². The molecule has 2 aromatic rings. The summed E-state index contributed by atoms with van der Waals surface area (Å²) in [6.45, 7) is 3.93. The third-order valence-corrected chi connectivity index (χ3v) is 3.04. The molecular weight excluding hydrogens is 274 g/mol. The quantitative estimate of drug-likeness (QED) is 0.895. The first kappa shape index (κ1) is 15.0. The van der Waals surface area contributed by atoms with Crippen LogP contribution in [0.4, 0.5) is 20.2 Å². The van der Waals surface area contributed by atoms with Crippen LogP contribution >= 0.6 is 0 Å². The molecule has 2 rings (SSSR count). The molecule has 1 amide bonds. The first-order valence-electron chi connectivity index (χ1n) is 6.62. The number of benzene rings is 2. The molecular formula is C16H16F2N2O. The number of anilines is 2. The summed E-state index contributed by atoms with van der Waals surface area (Å²) in [6, 6.07) is 8.66. The zero-order valence-corrected chi connectivity index (χ0v) is 11.8. The number of amides is 1. The lowest BCUT2D eigenvalue weighted by Gasteiger charge is -2.12. The van der Waals surface area contributed by atoms with Gasteiger partial charge in [-0.25, -0.2) is 8.78 Å². The molecule has 0 heterocycles. The van der Waals surface area contributed by atoms with Gasteiger partial charge in [0.1, 0.15) is 11.6 Å². The van der Waals surface area contributed by atoms with E-state index in [-0.39, 0.29) is 11.3 Å². The predicted octanol–water partition coefficient (Wildman–Crippen LogP) is 3.96. The van der Waals surface area contributed by atoms with Gasteiger partial charge in [-0.2, -0.15) is 0 Å². The molecule has 0 aliphatic rings. The third kappa shape index (κ3) is 3.37. The van der Waals surface area contributed by atoms with Crippen LogP contribution in [0.2, 0.25) is 0 Å². The highest BCUT2D eigenvalue weighted by molar-refractivity contribution is 6.08. The summed E-state index contributed by atoms with van der Waals surface area (Å²) in [7, 11) is 0. The van der Waals surface area contributed by atoms with E-state index in [1.165, 1.54) is 24.3 Å². The van der Waals surface area contributed by atoms with Crippen molar-refractivity contribution in [3.05, 3.63) is 59.2 Å². The van der Waals surface area contributed by atoms with Crippen LogP contribution in [-0.4, -0.2) is 12.5 Å². The number of para-hydroxylation sites is 1. The molecule has 0 aromatic heterocycles. The van der Waals surface area contributed by atoms with E-state index in [4.69, 9.17) is 0 Å². The SMILES string of the molecule is CCNc1c(F)cccc1C(=O)Nc1ccc(C)c(F)c1. The molecule has 110 valence electrons. The van der Waals surface area contributed by atoms with Crippen molar-refractivity contribution in [3.8, 4) is 0 Å². The lowest BCUT2D eigenvalue weighted by molar-refractivity contribution is 0.102. The number of halogens is 2. The van der Waals surface area contributed by atoms with E-state index in [1.807, 2.05) is 6.92 Å². The molecule has 0 radical (unpaired) electrons.